The molecule has 0 radical (unpaired) electrons. The Balaban J connectivity index is 2.12. The van der Waals surface area contributed by atoms with Crippen molar-refractivity contribution in [2.45, 2.75) is 39.3 Å². The van der Waals surface area contributed by atoms with E-state index in [0.29, 0.717) is 17.3 Å². The zero-order chi connectivity index (χ0) is 23.5. The number of nitrogens with zero attached hydrogens (tertiary/aromatic N) is 3. The van der Waals surface area contributed by atoms with E-state index in [4.69, 9.17) is 13.9 Å². The monoisotopic (exact) mass is 453 g/mol. The fourth-order valence-corrected chi connectivity index (χ4v) is 4.16. The Morgan fingerprint density at radius 2 is 1.72 bits per heavy atom. The maximum absolute atomic E-state index is 10.5. The predicted octanol–water partition coefficient (Wildman–Crippen LogP) is 4.79. The summed E-state index contributed by atoms with van der Waals surface area (Å²) in [4.78, 5) is 4.26. The van der Waals surface area contributed by atoms with Crippen molar-refractivity contribution in [2.75, 3.05) is 14.2 Å². The topological polar surface area (TPSA) is 78.6 Å². The number of hydrogen-bond donors (Lipinski definition) is 1. The van der Waals surface area contributed by atoms with Crippen molar-refractivity contribution >= 4 is 20.9 Å². The average Bonchev–Trinajstić information content (AvgIpc) is 3.13. The van der Waals surface area contributed by atoms with E-state index >= 15 is 0 Å². The summed E-state index contributed by atoms with van der Waals surface area (Å²) in [5, 5.41) is 15.0. The van der Waals surface area contributed by atoms with E-state index < -0.39 is 9.04 Å². The smallest absolute Gasteiger partial charge is 0.229 e. The number of benzene rings is 1. The van der Waals surface area contributed by atoms with E-state index in [-0.39, 0.29) is 11.3 Å². The van der Waals surface area contributed by atoms with Crippen LogP contribution in [-0.4, -0.2) is 43.1 Å². The molecule has 3 rings (SSSR count). The molecule has 0 aliphatic rings. The summed E-state index contributed by atoms with van der Waals surface area (Å²) in [6.07, 6.45) is 3.55. The highest BCUT2D eigenvalue weighted by Crippen LogP contribution is 2.40. The largest absolute Gasteiger partial charge is 0.545 e. The second kappa shape index (κ2) is 9.48. The Morgan fingerprint density at radius 1 is 1.06 bits per heavy atom. The lowest BCUT2D eigenvalue weighted by Gasteiger charge is -2.25. The summed E-state index contributed by atoms with van der Waals surface area (Å²) >= 11 is 0. The minimum absolute atomic E-state index is 0.0168. The fourth-order valence-electron chi connectivity index (χ4n) is 3.47. The second-order valence-electron chi connectivity index (χ2n) is 8.71. The van der Waals surface area contributed by atoms with Gasteiger partial charge in [0, 0.05) is 17.8 Å². The Kier molecular flexibility index (Phi) is 6.93. The summed E-state index contributed by atoms with van der Waals surface area (Å²) in [6.45, 7) is 10.5. The van der Waals surface area contributed by atoms with Gasteiger partial charge >= 0.3 is 0 Å². The molecule has 0 aliphatic carbocycles. The molecule has 1 N–H and O–H groups in total. The fraction of sp³-hybridized carbons (Fsp3) is 0.333. The van der Waals surface area contributed by atoms with Crippen molar-refractivity contribution < 1.29 is 19.0 Å². The highest BCUT2D eigenvalue weighted by molar-refractivity contribution is 6.49. The first-order chi connectivity index (χ1) is 15.1. The number of ether oxygens (including phenoxy) is 2. The molecule has 3 aromatic rings. The summed E-state index contributed by atoms with van der Waals surface area (Å²) < 4.78 is 19.0. The van der Waals surface area contributed by atoms with Gasteiger partial charge < -0.3 is 19.0 Å². The summed E-state index contributed by atoms with van der Waals surface area (Å²) in [5.41, 5.74) is 2.21. The van der Waals surface area contributed by atoms with Gasteiger partial charge in [-0.2, -0.15) is 9.78 Å². The van der Waals surface area contributed by atoms with Gasteiger partial charge in [0.15, 0.2) is 5.82 Å². The number of aromatic nitrogens is 3. The van der Waals surface area contributed by atoms with Crippen molar-refractivity contribution in [2.24, 2.45) is 0 Å². The van der Waals surface area contributed by atoms with Gasteiger partial charge in [0.1, 0.15) is 23.0 Å². The van der Waals surface area contributed by atoms with Crippen LogP contribution in [-0.2, 0) is 9.84 Å². The van der Waals surface area contributed by atoms with E-state index in [9.17, 15) is 5.11 Å². The Bertz CT molecular complexity index is 1080. The first kappa shape index (κ1) is 23.4. The maximum atomic E-state index is 10.5. The molecular formula is C24H31N3O4Si. The van der Waals surface area contributed by atoms with Gasteiger partial charge in [0.05, 0.1) is 14.2 Å². The van der Waals surface area contributed by atoms with Crippen molar-refractivity contribution in [1.29, 1.82) is 0 Å². The third-order valence-electron chi connectivity index (χ3n) is 4.75. The van der Waals surface area contributed by atoms with Crippen LogP contribution in [0.3, 0.4) is 0 Å². The molecule has 32 heavy (non-hydrogen) atoms. The molecule has 0 saturated carbocycles. The van der Waals surface area contributed by atoms with Crippen LogP contribution in [0, 0.1) is 0 Å². The van der Waals surface area contributed by atoms with Gasteiger partial charge in [-0.15, -0.1) is 0 Å². The molecule has 2 aromatic heterocycles. The molecule has 1 aromatic carbocycles. The van der Waals surface area contributed by atoms with Crippen LogP contribution in [0.5, 0.6) is 17.4 Å². The van der Waals surface area contributed by atoms with Crippen LogP contribution < -0.4 is 9.47 Å². The molecule has 0 atom stereocenters. The number of methoxy groups -OCH3 is 2. The van der Waals surface area contributed by atoms with Crippen molar-refractivity contribution in [3.8, 4) is 23.2 Å². The second-order valence-corrected chi connectivity index (χ2v) is 11.0. The van der Waals surface area contributed by atoms with E-state index in [1.54, 1.807) is 32.5 Å². The van der Waals surface area contributed by atoms with E-state index in [1.807, 2.05) is 30.3 Å². The average molecular weight is 454 g/mol. The van der Waals surface area contributed by atoms with Crippen LogP contribution in [0.15, 0.2) is 42.6 Å². The third-order valence-corrected chi connectivity index (χ3v) is 5.47. The summed E-state index contributed by atoms with van der Waals surface area (Å²) in [6, 6.07) is 10.9. The minimum Gasteiger partial charge on any atom is -0.545 e. The molecule has 0 amide bonds. The van der Waals surface area contributed by atoms with Crippen LogP contribution in [0.25, 0.3) is 17.7 Å². The molecule has 0 saturated heterocycles. The molecule has 0 unspecified atom stereocenters. The van der Waals surface area contributed by atoms with Crippen molar-refractivity contribution in [1.82, 2.24) is 14.8 Å². The molecule has 7 nitrogen and oxygen atoms in total. The lowest BCUT2D eigenvalue weighted by molar-refractivity contribution is 0.367. The van der Waals surface area contributed by atoms with Gasteiger partial charge in [-0.3, -0.25) is 0 Å². The van der Waals surface area contributed by atoms with Gasteiger partial charge in [-0.05, 0) is 54.4 Å². The van der Waals surface area contributed by atoms with Crippen LogP contribution in [0.4, 0.5) is 0 Å². The van der Waals surface area contributed by atoms with Crippen molar-refractivity contribution in [3.63, 3.8) is 0 Å². The lowest BCUT2D eigenvalue weighted by atomic mass is 9.84. The van der Waals surface area contributed by atoms with Crippen LogP contribution in [0.1, 0.15) is 37.6 Å². The molecule has 0 bridgehead atoms. The van der Waals surface area contributed by atoms with Gasteiger partial charge in [0.2, 0.25) is 14.9 Å². The van der Waals surface area contributed by atoms with Crippen LogP contribution >= 0.6 is 0 Å². The molecule has 8 heteroatoms. The Hall–Kier alpha value is -3.26. The Morgan fingerprint density at radius 3 is 2.22 bits per heavy atom. The minimum atomic E-state index is -1.47. The van der Waals surface area contributed by atoms with Crippen LogP contribution in [0.2, 0.25) is 13.1 Å². The molecule has 2 heterocycles. The molecular weight excluding hydrogens is 422 g/mol. The molecule has 0 spiro atoms. The zero-order valence-corrected chi connectivity index (χ0v) is 20.9. The molecule has 0 aliphatic heterocycles. The van der Waals surface area contributed by atoms with E-state index in [1.165, 1.54) is 4.68 Å². The molecule has 0 fully saturated rings. The summed E-state index contributed by atoms with van der Waals surface area (Å²) in [7, 11) is 1.84. The van der Waals surface area contributed by atoms with Crippen molar-refractivity contribution in [3.05, 3.63) is 59.4 Å². The summed E-state index contributed by atoms with van der Waals surface area (Å²) in [5.74, 6) is 2.56. The molecule has 170 valence electrons. The highest BCUT2D eigenvalue weighted by atomic mass is 28.3. The first-order valence-corrected chi connectivity index (χ1v) is 13.3. The third kappa shape index (κ3) is 5.13. The lowest BCUT2D eigenvalue weighted by Crippen LogP contribution is -2.15. The zero-order valence-electron chi connectivity index (χ0n) is 19.7. The van der Waals surface area contributed by atoms with Gasteiger partial charge in [-0.1, -0.05) is 26.8 Å². The standard InChI is InChI=1S/C24H31N3O4Si/c1-24(2,3)23-19(29-4)13-16(14-20(23)30-5)12-18(31-32(6)7)17-15-22(28)27(26-17)21-10-8-9-11-25-21/h8-15,28,32H,1-7H3. The quantitative estimate of drug-likeness (QED) is 0.409. The Labute approximate surface area is 191 Å². The predicted molar refractivity (Wildman–Crippen MR) is 129 cm³/mol. The maximum Gasteiger partial charge on any atom is 0.229 e. The first-order valence-electron chi connectivity index (χ1n) is 10.5. The SMILES string of the molecule is COc1cc(C=C(O[SiH](C)C)c2cc(O)n(-c3ccccn3)n2)cc(OC)c1C(C)(C)C. The normalized spacial score (nSPS) is 12.2. The number of pyridine rings is 1. The van der Waals surface area contributed by atoms with E-state index in [0.717, 1.165) is 22.6 Å². The van der Waals surface area contributed by atoms with E-state index in [2.05, 4.69) is 43.9 Å². The number of aromatic hydroxyl groups is 1. The van der Waals surface area contributed by atoms with Gasteiger partial charge in [0.25, 0.3) is 0 Å². The number of rotatable bonds is 7. The highest BCUT2D eigenvalue weighted by Gasteiger charge is 2.25. The number of hydrogen-bond acceptors (Lipinski definition) is 6. The van der Waals surface area contributed by atoms with Gasteiger partial charge in [-0.25, -0.2) is 4.98 Å².